The number of thiazole rings is 1. The van der Waals surface area contributed by atoms with E-state index in [-0.39, 0.29) is 23.1 Å². The van der Waals surface area contributed by atoms with E-state index in [1.807, 2.05) is 0 Å². The van der Waals surface area contributed by atoms with Crippen molar-refractivity contribution >= 4 is 32.6 Å². The van der Waals surface area contributed by atoms with E-state index in [2.05, 4.69) is 4.98 Å². The van der Waals surface area contributed by atoms with Gasteiger partial charge in [-0.3, -0.25) is 9.69 Å². The third kappa shape index (κ3) is 3.32. The number of ether oxygens (including phenoxy) is 1. The quantitative estimate of drug-likeness (QED) is 0.680. The second-order valence-corrected chi connectivity index (χ2v) is 7.15. The number of carbonyl (C=O) groups excluding carboxylic acids is 1. The Morgan fingerprint density at radius 1 is 1.27 bits per heavy atom. The van der Waals surface area contributed by atoms with Crippen molar-refractivity contribution in [2.24, 2.45) is 0 Å². The average Bonchev–Trinajstić information content (AvgIpc) is 3.29. The third-order valence-electron chi connectivity index (χ3n) is 4.32. The molecule has 1 unspecified atom stereocenters. The van der Waals surface area contributed by atoms with Crippen LogP contribution in [0.15, 0.2) is 42.5 Å². The highest BCUT2D eigenvalue weighted by Gasteiger charge is 2.27. The minimum Gasteiger partial charge on any atom is -0.376 e. The smallest absolute Gasteiger partial charge is 0.260 e. The molecule has 26 heavy (non-hydrogen) atoms. The number of halogens is 2. The lowest BCUT2D eigenvalue weighted by Crippen LogP contribution is -2.37. The van der Waals surface area contributed by atoms with Gasteiger partial charge in [-0.1, -0.05) is 23.5 Å². The van der Waals surface area contributed by atoms with Crippen molar-refractivity contribution < 1.29 is 18.3 Å². The number of amides is 1. The number of nitrogens with zero attached hydrogens (tertiary/aromatic N) is 2. The number of para-hydroxylation sites is 1. The Hall–Kier alpha value is -2.38. The lowest BCUT2D eigenvalue weighted by atomic mass is 10.1. The van der Waals surface area contributed by atoms with Crippen LogP contribution in [0.4, 0.5) is 13.9 Å². The number of anilines is 1. The zero-order valence-electron chi connectivity index (χ0n) is 13.8. The number of fused-ring (bicyclic) bond motifs is 1. The van der Waals surface area contributed by atoms with Crippen molar-refractivity contribution in [3.63, 3.8) is 0 Å². The Morgan fingerprint density at radius 2 is 2.12 bits per heavy atom. The summed E-state index contributed by atoms with van der Waals surface area (Å²) in [5.41, 5.74) is 0.458. The van der Waals surface area contributed by atoms with Crippen molar-refractivity contribution in [1.82, 2.24) is 4.98 Å². The van der Waals surface area contributed by atoms with Crippen LogP contribution in [-0.4, -0.2) is 30.1 Å². The summed E-state index contributed by atoms with van der Waals surface area (Å²) in [6.45, 7) is 0.956. The van der Waals surface area contributed by atoms with Gasteiger partial charge in [0.25, 0.3) is 5.91 Å². The number of hydrogen-bond acceptors (Lipinski definition) is 4. The molecule has 1 amide bonds. The van der Waals surface area contributed by atoms with Gasteiger partial charge in [0.15, 0.2) is 5.13 Å². The summed E-state index contributed by atoms with van der Waals surface area (Å²) >= 11 is 1.23. The summed E-state index contributed by atoms with van der Waals surface area (Å²) < 4.78 is 33.9. The molecule has 0 bridgehead atoms. The summed E-state index contributed by atoms with van der Waals surface area (Å²) in [5.74, 6) is -1.29. The van der Waals surface area contributed by atoms with E-state index in [1.54, 1.807) is 18.2 Å². The highest BCUT2D eigenvalue weighted by Crippen LogP contribution is 2.32. The van der Waals surface area contributed by atoms with Gasteiger partial charge in [-0.2, -0.15) is 0 Å². The Balaban J connectivity index is 1.73. The minimum atomic E-state index is -0.483. The first-order valence-electron chi connectivity index (χ1n) is 8.36. The van der Waals surface area contributed by atoms with E-state index in [9.17, 15) is 13.6 Å². The van der Waals surface area contributed by atoms with E-state index in [4.69, 9.17) is 4.74 Å². The van der Waals surface area contributed by atoms with Gasteiger partial charge in [0, 0.05) is 12.2 Å². The van der Waals surface area contributed by atoms with Crippen molar-refractivity contribution in [3.05, 3.63) is 59.7 Å². The maximum Gasteiger partial charge on any atom is 0.260 e. The molecular formula is C19H16F2N2O2S. The predicted octanol–water partition coefficient (Wildman–Crippen LogP) is 4.40. The lowest BCUT2D eigenvalue weighted by Gasteiger charge is -2.23. The predicted molar refractivity (Wildman–Crippen MR) is 96.6 cm³/mol. The molecular weight excluding hydrogens is 358 g/mol. The molecule has 1 aromatic heterocycles. The Bertz CT molecular complexity index is 954. The molecule has 7 heteroatoms. The molecule has 0 aliphatic carbocycles. The summed E-state index contributed by atoms with van der Waals surface area (Å²) in [5, 5.41) is 0.384. The van der Waals surface area contributed by atoms with E-state index in [0.29, 0.717) is 23.0 Å². The van der Waals surface area contributed by atoms with Gasteiger partial charge in [-0.05, 0) is 43.2 Å². The summed E-state index contributed by atoms with van der Waals surface area (Å²) in [6.07, 6.45) is 1.66. The van der Waals surface area contributed by atoms with E-state index in [1.165, 1.54) is 40.5 Å². The van der Waals surface area contributed by atoms with Gasteiger partial charge in [-0.25, -0.2) is 13.8 Å². The van der Waals surface area contributed by atoms with Gasteiger partial charge in [-0.15, -0.1) is 0 Å². The van der Waals surface area contributed by atoms with Crippen LogP contribution in [0, 0.1) is 11.6 Å². The van der Waals surface area contributed by atoms with E-state index in [0.717, 1.165) is 12.8 Å². The SMILES string of the molecule is O=C(c1cccc(F)c1)N(CC1CCCO1)c1nc2c(F)cccc2s1. The van der Waals surface area contributed by atoms with Gasteiger partial charge in [0.05, 0.1) is 17.3 Å². The van der Waals surface area contributed by atoms with Crippen LogP contribution < -0.4 is 4.90 Å². The van der Waals surface area contributed by atoms with Gasteiger partial charge in [0.1, 0.15) is 17.2 Å². The zero-order valence-corrected chi connectivity index (χ0v) is 14.6. The summed E-state index contributed by atoms with van der Waals surface area (Å²) in [4.78, 5) is 18.8. The minimum absolute atomic E-state index is 0.107. The molecule has 0 spiro atoms. The molecule has 1 aliphatic heterocycles. The first-order chi connectivity index (χ1) is 12.6. The molecule has 1 aliphatic rings. The standard InChI is InChI=1S/C19H16F2N2O2S/c20-13-5-1-4-12(10-13)18(24)23(11-14-6-3-9-25-14)19-22-17-15(21)7-2-8-16(17)26-19/h1-2,4-5,7-8,10,14H,3,6,9,11H2. The van der Waals surface area contributed by atoms with Crippen molar-refractivity contribution in [1.29, 1.82) is 0 Å². The van der Waals surface area contributed by atoms with Crippen LogP contribution in [0.5, 0.6) is 0 Å². The van der Waals surface area contributed by atoms with Crippen LogP contribution >= 0.6 is 11.3 Å². The molecule has 1 fully saturated rings. The highest BCUT2D eigenvalue weighted by molar-refractivity contribution is 7.22. The fourth-order valence-corrected chi connectivity index (χ4v) is 4.02. The summed E-state index contributed by atoms with van der Waals surface area (Å²) in [6, 6.07) is 10.2. The first kappa shape index (κ1) is 17.1. The van der Waals surface area contributed by atoms with Gasteiger partial charge < -0.3 is 4.74 Å². The number of rotatable bonds is 4. The second-order valence-electron chi connectivity index (χ2n) is 6.14. The normalized spacial score (nSPS) is 16.9. The van der Waals surface area contributed by atoms with Gasteiger partial charge in [0.2, 0.25) is 0 Å². The van der Waals surface area contributed by atoms with Crippen LogP contribution in [-0.2, 0) is 4.74 Å². The molecule has 3 aromatic rings. The fourth-order valence-electron chi connectivity index (χ4n) is 3.04. The Kier molecular flexibility index (Phi) is 4.65. The van der Waals surface area contributed by atoms with Crippen molar-refractivity contribution in [2.75, 3.05) is 18.1 Å². The molecule has 134 valence electrons. The average molecular weight is 374 g/mol. The molecule has 2 heterocycles. The van der Waals surface area contributed by atoms with Crippen molar-refractivity contribution in [3.8, 4) is 0 Å². The molecule has 0 radical (unpaired) electrons. The Labute approximate surface area is 153 Å². The molecule has 0 N–H and O–H groups in total. The first-order valence-corrected chi connectivity index (χ1v) is 9.17. The molecule has 1 atom stereocenters. The van der Waals surface area contributed by atoms with E-state index < -0.39 is 11.6 Å². The third-order valence-corrected chi connectivity index (χ3v) is 5.36. The molecule has 4 rings (SSSR count). The number of benzene rings is 2. The number of carbonyl (C=O) groups is 1. The fraction of sp³-hybridized carbons (Fsp3) is 0.263. The number of aromatic nitrogens is 1. The lowest BCUT2D eigenvalue weighted by molar-refractivity contribution is 0.0917. The molecule has 0 saturated carbocycles. The van der Waals surface area contributed by atoms with E-state index >= 15 is 0 Å². The topological polar surface area (TPSA) is 42.4 Å². The second kappa shape index (κ2) is 7.09. The molecule has 1 saturated heterocycles. The largest absolute Gasteiger partial charge is 0.376 e. The maximum absolute atomic E-state index is 14.0. The Morgan fingerprint density at radius 3 is 2.85 bits per heavy atom. The molecule has 2 aromatic carbocycles. The molecule has 4 nitrogen and oxygen atoms in total. The summed E-state index contributed by atoms with van der Waals surface area (Å²) in [7, 11) is 0. The monoisotopic (exact) mass is 374 g/mol. The zero-order chi connectivity index (χ0) is 18.1. The van der Waals surface area contributed by atoms with Crippen LogP contribution in [0.1, 0.15) is 23.2 Å². The van der Waals surface area contributed by atoms with Crippen LogP contribution in [0.3, 0.4) is 0 Å². The highest BCUT2D eigenvalue weighted by atomic mass is 32.1. The van der Waals surface area contributed by atoms with Crippen molar-refractivity contribution in [2.45, 2.75) is 18.9 Å². The number of hydrogen-bond donors (Lipinski definition) is 0. The van der Waals surface area contributed by atoms with Gasteiger partial charge >= 0.3 is 0 Å². The van der Waals surface area contributed by atoms with Crippen LogP contribution in [0.2, 0.25) is 0 Å². The maximum atomic E-state index is 14.0. The van der Waals surface area contributed by atoms with Crippen LogP contribution in [0.25, 0.3) is 10.2 Å².